The van der Waals surface area contributed by atoms with Crippen LogP contribution < -0.4 is 4.74 Å². The third kappa shape index (κ3) is 4.06. The fourth-order valence-corrected chi connectivity index (χ4v) is 5.31. The van der Waals surface area contributed by atoms with Crippen LogP contribution >= 0.6 is 23.5 Å². The first-order valence-corrected chi connectivity index (χ1v) is 11.3. The van der Waals surface area contributed by atoms with E-state index in [1.807, 2.05) is 66.0 Å². The van der Waals surface area contributed by atoms with Gasteiger partial charge in [-0.05, 0) is 36.3 Å². The predicted molar refractivity (Wildman–Crippen MR) is 117 cm³/mol. The molecule has 0 fully saturated rings. The van der Waals surface area contributed by atoms with Crippen LogP contribution in [0.2, 0.25) is 0 Å². The summed E-state index contributed by atoms with van der Waals surface area (Å²) in [6.07, 6.45) is 7.32. The van der Waals surface area contributed by atoms with Gasteiger partial charge in [0.05, 0.1) is 10.7 Å². The van der Waals surface area contributed by atoms with Crippen LogP contribution in [-0.4, -0.2) is 24.2 Å². The van der Waals surface area contributed by atoms with Crippen molar-refractivity contribution in [1.29, 1.82) is 0 Å². The highest BCUT2D eigenvalue weighted by Crippen LogP contribution is 2.52. The molecule has 2 aromatic rings. The molecule has 0 amide bonds. The van der Waals surface area contributed by atoms with Gasteiger partial charge in [0, 0.05) is 24.0 Å². The topological polar surface area (TPSA) is 29.5 Å². The lowest BCUT2D eigenvalue weighted by Crippen LogP contribution is -2.26. The van der Waals surface area contributed by atoms with Crippen molar-refractivity contribution in [2.75, 3.05) is 19.1 Å². The van der Waals surface area contributed by atoms with Crippen LogP contribution in [0.15, 0.2) is 61.2 Å². The summed E-state index contributed by atoms with van der Waals surface area (Å²) in [5, 5.41) is 11.1. The summed E-state index contributed by atoms with van der Waals surface area (Å²) in [6.45, 7) is 4.50. The molecule has 0 radical (unpaired) electrons. The molecule has 0 spiro atoms. The van der Waals surface area contributed by atoms with E-state index in [4.69, 9.17) is 4.74 Å². The van der Waals surface area contributed by atoms with Gasteiger partial charge in [-0.3, -0.25) is 0 Å². The van der Waals surface area contributed by atoms with Crippen molar-refractivity contribution in [1.82, 2.24) is 0 Å². The van der Waals surface area contributed by atoms with Crippen LogP contribution in [-0.2, 0) is 9.68 Å². The average Bonchev–Trinajstić information content (AvgIpc) is 2.72. The van der Waals surface area contributed by atoms with Gasteiger partial charge in [-0.1, -0.05) is 48.2 Å². The number of hydrogen-bond donors (Lipinski definition) is 1. The lowest BCUT2D eigenvalue weighted by molar-refractivity contribution is 0.104. The Morgan fingerprint density at radius 1 is 1.22 bits per heavy atom. The Balaban J connectivity index is 2.01. The second-order valence-electron chi connectivity index (χ2n) is 6.44. The van der Waals surface area contributed by atoms with Gasteiger partial charge in [0.15, 0.2) is 5.60 Å². The molecule has 0 bridgehead atoms. The van der Waals surface area contributed by atoms with Gasteiger partial charge < -0.3 is 9.84 Å². The van der Waals surface area contributed by atoms with E-state index in [1.165, 1.54) is 5.56 Å². The predicted octanol–water partition coefficient (Wildman–Crippen LogP) is 5.16. The van der Waals surface area contributed by atoms with Crippen LogP contribution in [0.5, 0.6) is 5.75 Å². The number of rotatable bonds is 5. The highest BCUT2D eigenvalue weighted by atomic mass is 32.2. The van der Waals surface area contributed by atoms with E-state index in [0.717, 1.165) is 29.9 Å². The second-order valence-corrected chi connectivity index (χ2v) is 8.91. The van der Waals surface area contributed by atoms with Crippen molar-refractivity contribution in [3.63, 3.8) is 0 Å². The lowest BCUT2D eigenvalue weighted by Gasteiger charge is -2.36. The van der Waals surface area contributed by atoms with Gasteiger partial charge >= 0.3 is 0 Å². The first kappa shape index (κ1) is 19.9. The molecular formula is C23H24O2S2. The molecule has 0 saturated carbocycles. The van der Waals surface area contributed by atoms with Crippen molar-refractivity contribution in [3.05, 3.63) is 77.9 Å². The summed E-state index contributed by atoms with van der Waals surface area (Å²) >= 11 is 3.69. The third-order valence-electron chi connectivity index (χ3n) is 4.84. The van der Waals surface area contributed by atoms with E-state index in [-0.39, 0.29) is 4.08 Å². The van der Waals surface area contributed by atoms with Crippen LogP contribution in [0, 0.1) is 11.8 Å². The number of aliphatic hydroxyl groups is 1. The van der Waals surface area contributed by atoms with Crippen molar-refractivity contribution in [3.8, 4) is 17.6 Å². The smallest absolute Gasteiger partial charge is 0.154 e. The zero-order valence-corrected chi connectivity index (χ0v) is 17.3. The highest BCUT2D eigenvalue weighted by molar-refractivity contribution is 8.16. The number of fused-ring (bicyclic) bond motifs is 1. The molecular weight excluding hydrogens is 372 g/mol. The molecule has 0 aromatic heterocycles. The van der Waals surface area contributed by atoms with E-state index >= 15 is 0 Å². The molecule has 1 aliphatic rings. The summed E-state index contributed by atoms with van der Waals surface area (Å²) in [6, 6.07) is 15.6. The first-order chi connectivity index (χ1) is 13.1. The zero-order chi connectivity index (χ0) is 19.3. The Kier molecular flexibility index (Phi) is 6.26. The minimum atomic E-state index is -1.24. The Hall–Kier alpha value is -1.80. The summed E-state index contributed by atoms with van der Waals surface area (Å²) in [5.74, 6) is 7.19. The van der Waals surface area contributed by atoms with Gasteiger partial charge in [-0.2, -0.15) is 0 Å². The molecule has 4 heteroatoms. The van der Waals surface area contributed by atoms with E-state index in [2.05, 4.69) is 37.0 Å². The summed E-state index contributed by atoms with van der Waals surface area (Å²) in [4.78, 5) is 0. The maximum absolute atomic E-state index is 11.1. The third-order valence-corrected chi connectivity index (χ3v) is 8.01. The van der Waals surface area contributed by atoms with Crippen molar-refractivity contribution < 1.29 is 9.84 Å². The van der Waals surface area contributed by atoms with Crippen LogP contribution in [0.25, 0.3) is 0 Å². The first-order valence-electron chi connectivity index (χ1n) is 8.86. The molecule has 27 heavy (non-hydrogen) atoms. The molecule has 2 nitrogen and oxygen atoms in total. The molecule has 1 atom stereocenters. The second kappa shape index (κ2) is 8.48. The lowest BCUT2D eigenvalue weighted by atomic mass is 9.90. The van der Waals surface area contributed by atoms with Gasteiger partial charge in [0.2, 0.25) is 0 Å². The molecule has 0 saturated heterocycles. The minimum Gasteiger partial charge on any atom is -0.493 e. The van der Waals surface area contributed by atoms with E-state index in [9.17, 15) is 5.11 Å². The Morgan fingerprint density at radius 3 is 2.63 bits per heavy atom. The molecule has 0 aliphatic carbocycles. The average molecular weight is 397 g/mol. The number of ether oxygens (including phenoxy) is 1. The molecule has 1 N–H and O–H groups in total. The maximum atomic E-state index is 11.1. The number of benzene rings is 2. The standard InChI is InChI=1S/C23H24O2S2/c1-4-13-22(24,19-8-6-5-7-9-19)14-12-18-10-11-21-20(17-18)23(26-2,27-3)15-16-25-21/h4-11,17,24H,1,13,15-16H2,2-3H3. The largest absolute Gasteiger partial charge is 0.493 e. The van der Waals surface area contributed by atoms with Crippen LogP contribution in [0.3, 0.4) is 0 Å². The number of hydrogen-bond acceptors (Lipinski definition) is 4. The quantitative estimate of drug-likeness (QED) is 0.429. The van der Waals surface area contributed by atoms with Crippen molar-refractivity contribution >= 4 is 23.5 Å². The maximum Gasteiger partial charge on any atom is 0.154 e. The van der Waals surface area contributed by atoms with Gasteiger partial charge in [-0.15, -0.1) is 30.1 Å². The Morgan fingerprint density at radius 2 is 1.96 bits per heavy atom. The van der Waals surface area contributed by atoms with Crippen molar-refractivity contribution in [2.45, 2.75) is 22.5 Å². The molecule has 3 rings (SSSR count). The summed E-state index contributed by atoms with van der Waals surface area (Å²) in [7, 11) is 0. The summed E-state index contributed by atoms with van der Waals surface area (Å²) < 4.78 is 5.84. The van der Waals surface area contributed by atoms with Gasteiger partial charge in [0.25, 0.3) is 0 Å². The van der Waals surface area contributed by atoms with E-state index < -0.39 is 5.60 Å². The van der Waals surface area contributed by atoms with Crippen molar-refractivity contribution in [2.24, 2.45) is 0 Å². The van der Waals surface area contributed by atoms with E-state index in [1.54, 1.807) is 6.08 Å². The highest BCUT2D eigenvalue weighted by Gasteiger charge is 2.36. The van der Waals surface area contributed by atoms with Gasteiger partial charge in [-0.25, -0.2) is 0 Å². The monoisotopic (exact) mass is 396 g/mol. The van der Waals surface area contributed by atoms with Crippen LogP contribution in [0.4, 0.5) is 0 Å². The Bertz CT molecular complexity index is 863. The SMILES string of the molecule is C=CCC(O)(C#Cc1ccc2c(c1)C(SC)(SC)CCO2)c1ccccc1. The Labute approximate surface area is 170 Å². The normalized spacial score (nSPS) is 16.9. The van der Waals surface area contributed by atoms with Gasteiger partial charge in [0.1, 0.15) is 5.75 Å². The van der Waals surface area contributed by atoms with E-state index in [0.29, 0.717) is 6.42 Å². The number of thioether (sulfide) groups is 2. The summed E-state index contributed by atoms with van der Waals surface area (Å²) in [5.41, 5.74) is 1.59. The fraction of sp³-hybridized carbons (Fsp3) is 0.304. The molecule has 2 aromatic carbocycles. The molecule has 1 unspecified atom stereocenters. The molecule has 1 heterocycles. The van der Waals surface area contributed by atoms with Crippen LogP contribution in [0.1, 0.15) is 29.5 Å². The molecule has 1 aliphatic heterocycles. The minimum absolute atomic E-state index is 0.0118. The fourth-order valence-electron chi connectivity index (χ4n) is 3.31. The zero-order valence-electron chi connectivity index (χ0n) is 15.7. The molecule has 140 valence electrons.